The summed E-state index contributed by atoms with van der Waals surface area (Å²) < 4.78 is 6.52. The number of urea groups is 1. The normalized spacial score (nSPS) is 25.8. The molecule has 174 valence electrons. The van der Waals surface area contributed by atoms with E-state index in [1.54, 1.807) is 11.1 Å². The lowest BCUT2D eigenvalue weighted by molar-refractivity contribution is -0.130. The maximum atomic E-state index is 13.1. The van der Waals surface area contributed by atoms with Crippen LogP contribution in [0.1, 0.15) is 47.5 Å². The lowest BCUT2D eigenvalue weighted by atomic mass is 9.82. The summed E-state index contributed by atoms with van der Waals surface area (Å²) in [6.07, 6.45) is 3.43. The van der Waals surface area contributed by atoms with Gasteiger partial charge in [0.1, 0.15) is 0 Å². The molecule has 1 N–H and O–H groups in total. The Balaban J connectivity index is 2.25. The molecule has 2 amide bonds. The third-order valence-corrected chi connectivity index (χ3v) is 15.9. The molecule has 0 unspecified atom stereocenters. The summed E-state index contributed by atoms with van der Waals surface area (Å²) >= 11 is 0. The van der Waals surface area contributed by atoms with Crippen LogP contribution >= 0.6 is 0 Å². The van der Waals surface area contributed by atoms with Gasteiger partial charge in [0.2, 0.25) is 0 Å². The van der Waals surface area contributed by atoms with E-state index < -0.39 is 16.6 Å². The number of hydrogen-bond acceptors (Lipinski definition) is 4. The van der Waals surface area contributed by atoms with Crippen LogP contribution in [0.15, 0.2) is 12.7 Å². The molecule has 2 aliphatic heterocycles. The first-order chi connectivity index (χ1) is 13.5. The highest BCUT2D eigenvalue weighted by molar-refractivity contribution is 6.74. The highest BCUT2D eigenvalue weighted by atomic mass is 28.4. The fraction of sp³-hybridized carbons (Fsp3) is 0.864. The van der Waals surface area contributed by atoms with Crippen molar-refractivity contribution in [1.82, 2.24) is 9.96 Å². The first-order valence-corrected chi connectivity index (χ1v) is 17.1. The van der Waals surface area contributed by atoms with Crippen LogP contribution in [-0.2, 0) is 9.26 Å². The molecule has 2 rings (SSSR count). The third-order valence-electron chi connectivity index (χ3n) is 7.88. The van der Waals surface area contributed by atoms with Gasteiger partial charge < -0.3 is 14.1 Å². The second-order valence-corrected chi connectivity index (χ2v) is 21.1. The number of rotatable bonds is 9. The molecule has 2 bridgehead atoms. The Labute approximate surface area is 185 Å². The number of fused-ring (bicyclic) bond motifs is 2. The summed E-state index contributed by atoms with van der Waals surface area (Å²) in [6.45, 7) is 24.8. The molecule has 0 radical (unpaired) electrons. The van der Waals surface area contributed by atoms with Crippen molar-refractivity contribution in [3.8, 4) is 0 Å². The van der Waals surface area contributed by atoms with Crippen LogP contribution in [0, 0.1) is 5.92 Å². The molecule has 0 aromatic heterocycles. The fourth-order valence-electron chi connectivity index (χ4n) is 3.99. The van der Waals surface area contributed by atoms with Crippen LogP contribution < -0.4 is 0 Å². The SMILES string of the molecule is C=CCON1C(=O)N2C[C@H]1[C@@H](CC(C)(C)[Si](C)(C)O)C[C@H]2CO[Si](C)(C)C(C)(C)C. The van der Waals surface area contributed by atoms with E-state index in [0.29, 0.717) is 19.8 Å². The summed E-state index contributed by atoms with van der Waals surface area (Å²) in [5, 5.41) is 1.55. The summed E-state index contributed by atoms with van der Waals surface area (Å²) in [4.78, 5) is 31.7. The lowest BCUT2D eigenvalue weighted by Gasteiger charge is -2.44. The second kappa shape index (κ2) is 8.69. The van der Waals surface area contributed by atoms with Crippen molar-refractivity contribution in [2.75, 3.05) is 19.8 Å². The third kappa shape index (κ3) is 5.20. The molecule has 2 saturated heterocycles. The van der Waals surface area contributed by atoms with Gasteiger partial charge in [-0.25, -0.2) is 4.79 Å². The van der Waals surface area contributed by atoms with Crippen LogP contribution in [0.3, 0.4) is 0 Å². The van der Waals surface area contributed by atoms with Crippen molar-refractivity contribution in [2.45, 2.75) is 95.8 Å². The highest BCUT2D eigenvalue weighted by Gasteiger charge is 2.53. The number of piperidine rings is 1. The molecular weight excluding hydrogens is 412 g/mol. The van der Waals surface area contributed by atoms with Crippen molar-refractivity contribution < 1.29 is 18.9 Å². The Bertz CT molecular complexity index is 640. The molecular formula is C22H44N2O4Si2. The minimum atomic E-state index is -2.36. The van der Waals surface area contributed by atoms with E-state index in [4.69, 9.17) is 9.26 Å². The van der Waals surface area contributed by atoms with Crippen molar-refractivity contribution in [3.05, 3.63) is 12.7 Å². The van der Waals surface area contributed by atoms with Crippen molar-refractivity contribution in [2.24, 2.45) is 5.92 Å². The molecule has 30 heavy (non-hydrogen) atoms. The van der Waals surface area contributed by atoms with Gasteiger partial charge in [0.15, 0.2) is 16.6 Å². The van der Waals surface area contributed by atoms with Gasteiger partial charge in [-0.2, -0.15) is 5.06 Å². The summed E-state index contributed by atoms with van der Waals surface area (Å²) in [6, 6.07) is -0.00633. The van der Waals surface area contributed by atoms with Gasteiger partial charge in [0, 0.05) is 6.54 Å². The van der Waals surface area contributed by atoms with Gasteiger partial charge in [-0.15, -0.1) is 6.58 Å². The Hall–Kier alpha value is -0.676. The Morgan fingerprint density at radius 1 is 1.20 bits per heavy atom. The van der Waals surface area contributed by atoms with Gasteiger partial charge in [-0.05, 0) is 55.0 Å². The largest absolute Gasteiger partial charge is 0.432 e. The van der Waals surface area contributed by atoms with Crippen LogP contribution in [0.5, 0.6) is 0 Å². The fourth-order valence-corrected chi connectivity index (χ4v) is 5.79. The smallest absolute Gasteiger partial charge is 0.344 e. The molecule has 0 aliphatic carbocycles. The Morgan fingerprint density at radius 3 is 2.30 bits per heavy atom. The molecule has 2 heterocycles. The average molecular weight is 457 g/mol. The molecule has 2 aliphatic rings. The van der Waals surface area contributed by atoms with Crippen LogP contribution in [0.2, 0.25) is 36.3 Å². The van der Waals surface area contributed by atoms with Crippen LogP contribution in [0.4, 0.5) is 4.79 Å². The summed E-state index contributed by atoms with van der Waals surface area (Å²) in [5.41, 5.74) is 0. The molecule has 0 aromatic rings. The monoisotopic (exact) mass is 456 g/mol. The lowest BCUT2D eigenvalue weighted by Crippen LogP contribution is -2.51. The zero-order valence-electron chi connectivity index (χ0n) is 20.6. The first kappa shape index (κ1) is 25.6. The van der Waals surface area contributed by atoms with E-state index in [-0.39, 0.29) is 34.1 Å². The minimum absolute atomic E-state index is 0.0113. The van der Waals surface area contributed by atoms with Gasteiger partial charge in [0.25, 0.3) is 0 Å². The Morgan fingerprint density at radius 2 is 1.80 bits per heavy atom. The summed E-state index contributed by atoms with van der Waals surface area (Å²) in [5.74, 6) is 0.263. The van der Waals surface area contributed by atoms with E-state index in [9.17, 15) is 9.59 Å². The van der Waals surface area contributed by atoms with E-state index >= 15 is 0 Å². The first-order valence-electron chi connectivity index (χ1n) is 11.2. The zero-order chi connectivity index (χ0) is 23.1. The number of nitrogens with zero attached hydrogens (tertiary/aromatic N) is 2. The van der Waals surface area contributed by atoms with Crippen molar-refractivity contribution in [1.29, 1.82) is 0 Å². The van der Waals surface area contributed by atoms with E-state index in [1.165, 1.54) is 0 Å². The maximum Gasteiger partial charge on any atom is 0.344 e. The van der Waals surface area contributed by atoms with Gasteiger partial charge in [-0.3, -0.25) is 4.84 Å². The maximum absolute atomic E-state index is 13.1. The zero-order valence-corrected chi connectivity index (χ0v) is 22.6. The predicted octanol–water partition coefficient (Wildman–Crippen LogP) is 4.99. The van der Waals surface area contributed by atoms with E-state index in [1.807, 2.05) is 18.0 Å². The second-order valence-electron chi connectivity index (χ2n) is 11.8. The van der Waals surface area contributed by atoms with Crippen molar-refractivity contribution >= 4 is 22.7 Å². The molecule has 8 heteroatoms. The quantitative estimate of drug-likeness (QED) is 0.392. The number of amides is 2. The highest BCUT2D eigenvalue weighted by Crippen LogP contribution is 2.47. The standard InChI is InChI=1S/C22H44N2O4Si2/c1-11-12-27-24-19-15-23(20(24)25)18(16-28-30(9,10)21(2,3)4)13-17(19)14-22(5,6)29(7,8)26/h11,17-19,26H,1,12-16H2,2-10H3/t17-,18+,19+/m1/s1. The van der Waals surface area contributed by atoms with E-state index in [0.717, 1.165) is 12.8 Å². The van der Waals surface area contributed by atoms with Crippen LogP contribution in [0.25, 0.3) is 0 Å². The van der Waals surface area contributed by atoms with Gasteiger partial charge >= 0.3 is 6.03 Å². The van der Waals surface area contributed by atoms with E-state index in [2.05, 4.69) is 54.3 Å². The number of hydroxylamine groups is 2. The molecule has 0 spiro atoms. The molecule has 2 fully saturated rings. The number of carbonyl (C=O) groups is 1. The molecule has 6 nitrogen and oxygen atoms in total. The molecule has 3 atom stereocenters. The van der Waals surface area contributed by atoms with Crippen LogP contribution in [-0.4, -0.2) is 69.3 Å². The molecule has 0 saturated carbocycles. The number of carbonyl (C=O) groups excluding carboxylic acids is 1. The molecule has 0 aromatic carbocycles. The summed E-state index contributed by atoms with van der Waals surface area (Å²) in [7, 11) is -4.26. The topological polar surface area (TPSA) is 62.2 Å². The van der Waals surface area contributed by atoms with Crippen molar-refractivity contribution in [3.63, 3.8) is 0 Å². The average Bonchev–Trinajstić information content (AvgIpc) is 2.85. The number of hydrogen-bond donors (Lipinski definition) is 1. The Kier molecular flexibility index (Phi) is 7.41. The van der Waals surface area contributed by atoms with Gasteiger partial charge in [-0.1, -0.05) is 40.7 Å². The minimum Gasteiger partial charge on any atom is -0.432 e. The van der Waals surface area contributed by atoms with Gasteiger partial charge in [0.05, 0.1) is 25.3 Å². The predicted molar refractivity (Wildman–Crippen MR) is 127 cm³/mol.